The Morgan fingerprint density at radius 1 is 1.05 bits per heavy atom. The molecule has 0 aromatic heterocycles. The predicted molar refractivity (Wildman–Crippen MR) is 88.8 cm³/mol. The minimum Gasteiger partial charge on any atom is -0.214 e. The van der Waals surface area contributed by atoms with Crippen LogP contribution in [0.1, 0.15) is 37.8 Å². The molecule has 0 saturated carbocycles. The van der Waals surface area contributed by atoms with Crippen LogP contribution in [0.4, 0.5) is 0 Å². The molecule has 0 unspecified atom stereocenters. The van der Waals surface area contributed by atoms with Gasteiger partial charge in [0.1, 0.15) is 0 Å². The van der Waals surface area contributed by atoms with E-state index < -0.39 is 18.9 Å². The molecule has 0 bridgehead atoms. The first-order chi connectivity index (χ1) is 9.61. The largest absolute Gasteiger partial charge is 0.214 e. The minimum atomic E-state index is -1.84. The molecule has 110 valence electrons. The maximum absolute atomic E-state index is 5.54. The van der Waals surface area contributed by atoms with Crippen LogP contribution in [0, 0.1) is 0 Å². The van der Waals surface area contributed by atoms with Gasteiger partial charge in [0.25, 0.3) is 0 Å². The van der Waals surface area contributed by atoms with Gasteiger partial charge in [-0.25, -0.2) is 18.2 Å². The molecule has 1 aliphatic rings. The van der Waals surface area contributed by atoms with Gasteiger partial charge in [0.2, 0.25) is 0 Å². The van der Waals surface area contributed by atoms with Gasteiger partial charge < -0.3 is 0 Å². The standard InChI is InChI=1S/C9H11.C5H5.C3H6.2ClH.Zr/c1-2-5-9-7-3-6-8(9)4-1;1-2-4-5-3-1;1-3-2;;;/h3,6-7H,1-2,4-5H2;1-5H;1-2H3;2*1H;/q2*-1;;;;+2/p-2. The van der Waals surface area contributed by atoms with E-state index in [4.69, 9.17) is 17.0 Å². The van der Waals surface area contributed by atoms with Gasteiger partial charge in [-0.05, 0) is 0 Å². The van der Waals surface area contributed by atoms with E-state index in [0.717, 1.165) is 0 Å². The molecule has 0 radical (unpaired) electrons. The number of aryl methyl sites for hydroxylation is 2. The van der Waals surface area contributed by atoms with Crippen molar-refractivity contribution in [2.24, 2.45) is 0 Å². The van der Waals surface area contributed by atoms with Gasteiger partial charge in [-0.15, -0.1) is 0 Å². The van der Waals surface area contributed by atoms with Crippen LogP contribution in [0.5, 0.6) is 0 Å². The van der Waals surface area contributed by atoms with E-state index in [9.17, 15) is 0 Å². The summed E-state index contributed by atoms with van der Waals surface area (Å²) in [4.78, 5) is 0. The van der Waals surface area contributed by atoms with Crippen molar-refractivity contribution in [2.75, 3.05) is 0 Å². The average Bonchev–Trinajstić information content (AvgIpc) is 3.14. The second-order valence-electron chi connectivity index (χ2n) is 5.01. The summed E-state index contributed by atoms with van der Waals surface area (Å²) >= 11 is -1.84. The molecule has 0 amide bonds. The molecule has 0 heterocycles. The SMILES string of the molecule is C[C](C)=[Zr]([Cl])[Cl].c1cc2c([cH-]1)CCCC2.c1cc[cH-]c1. The monoisotopic (exact) mass is 386 g/mol. The Kier molecular flexibility index (Phi) is 9.69. The number of rotatable bonds is 0. The fourth-order valence-corrected chi connectivity index (χ4v) is 1.93. The number of fused-ring (bicyclic) bond motifs is 1. The van der Waals surface area contributed by atoms with Crippen molar-refractivity contribution < 1.29 is 18.9 Å². The summed E-state index contributed by atoms with van der Waals surface area (Å²) < 4.78 is 1.24. The van der Waals surface area contributed by atoms with Gasteiger partial charge in [0.05, 0.1) is 0 Å². The Morgan fingerprint density at radius 3 is 2.10 bits per heavy atom. The van der Waals surface area contributed by atoms with Crippen LogP contribution in [-0.4, -0.2) is 3.21 Å². The molecule has 0 aliphatic heterocycles. The molecule has 3 heteroatoms. The molecule has 2 aromatic rings. The van der Waals surface area contributed by atoms with Crippen LogP contribution >= 0.6 is 17.0 Å². The number of hydrogen-bond donors (Lipinski definition) is 0. The van der Waals surface area contributed by atoms with Gasteiger partial charge >= 0.3 is 53.0 Å². The number of halogens is 2. The Labute approximate surface area is 137 Å². The fraction of sp³-hybridized carbons (Fsp3) is 0.353. The Morgan fingerprint density at radius 2 is 1.65 bits per heavy atom. The first-order valence-corrected chi connectivity index (χ1v) is 14.6. The van der Waals surface area contributed by atoms with E-state index in [1.807, 2.05) is 44.2 Å². The molecule has 0 saturated heterocycles. The molecular formula is C17H22Cl2Zr-2. The Hall–Kier alpha value is 0.0331. The zero-order chi connectivity index (χ0) is 14.8. The van der Waals surface area contributed by atoms with Crippen LogP contribution in [0.3, 0.4) is 0 Å². The van der Waals surface area contributed by atoms with Crippen LogP contribution in [0.2, 0.25) is 0 Å². The average molecular weight is 388 g/mol. The second-order valence-corrected chi connectivity index (χ2v) is 14.4. The zero-order valence-corrected chi connectivity index (χ0v) is 16.2. The van der Waals surface area contributed by atoms with Crippen molar-refractivity contribution in [2.45, 2.75) is 39.5 Å². The molecule has 2 aromatic carbocycles. The van der Waals surface area contributed by atoms with Gasteiger partial charge in [0.15, 0.2) is 0 Å². The summed E-state index contributed by atoms with van der Waals surface area (Å²) in [6.45, 7) is 3.96. The van der Waals surface area contributed by atoms with E-state index in [0.29, 0.717) is 0 Å². The first kappa shape index (κ1) is 18.1. The quantitative estimate of drug-likeness (QED) is 0.499. The smallest absolute Gasteiger partial charge is 0.0512 e. The van der Waals surface area contributed by atoms with E-state index in [1.165, 1.54) is 28.9 Å². The first-order valence-electron chi connectivity index (χ1n) is 7.00. The molecule has 0 atom stereocenters. The normalized spacial score (nSPS) is 12.2. The fourth-order valence-electron chi connectivity index (χ4n) is 1.93. The van der Waals surface area contributed by atoms with Crippen molar-refractivity contribution >= 4 is 20.2 Å². The molecule has 3 rings (SSSR count). The maximum Gasteiger partial charge on any atom is -0.0512 e. The molecule has 0 N–H and O–H groups in total. The van der Waals surface area contributed by atoms with E-state index in [2.05, 4.69) is 18.2 Å². The summed E-state index contributed by atoms with van der Waals surface area (Å²) in [5, 5.41) is 0. The van der Waals surface area contributed by atoms with E-state index in [1.54, 1.807) is 11.1 Å². The van der Waals surface area contributed by atoms with Gasteiger partial charge in [0, 0.05) is 0 Å². The van der Waals surface area contributed by atoms with Crippen molar-refractivity contribution in [3.05, 3.63) is 59.7 Å². The number of hydrogen-bond acceptors (Lipinski definition) is 0. The molecule has 0 fully saturated rings. The topological polar surface area (TPSA) is 0 Å². The maximum atomic E-state index is 5.54. The second kappa shape index (κ2) is 10.7. The van der Waals surface area contributed by atoms with Crippen molar-refractivity contribution in [3.63, 3.8) is 0 Å². The van der Waals surface area contributed by atoms with Crippen molar-refractivity contribution in [1.82, 2.24) is 0 Å². The molecular weight excluding hydrogens is 366 g/mol. The molecule has 0 spiro atoms. The summed E-state index contributed by atoms with van der Waals surface area (Å²) in [5.74, 6) is 0. The summed E-state index contributed by atoms with van der Waals surface area (Å²) in [6, 6.07) is 16.7. The van der Waals surface area contributed by atoms with Crippen LogP contribution in [0.25, 0.3) is 0 Å². The predicted octanol–water partition coefficient (Wildman–Crippen LogP) is 5.81. The Balaban J connectivity index is 0.000000160. The van der Waals surface area contributed by atoms with Gasteiger partial charge in [-0.3, -0.25) is 0 Å². The molecule has 20 heavy (non-hydrogen) atoms. The van der Waals surface area contributed by atoms with Crippen LogP contribution < -0.4 is 0 Å². The third-order valence-electron chi connectivity index (χ3n) is 3.08. The third kappa shape index (κ3) is 7.72. The van der Waals surface area contributed by atoms with Crippen LogP contribution in [0.15, 0.2) is 48.5 Å². The van der Waals surface area contributed by atoms with Gasteiger partial charge in [-0.1, -0.05) is 25.7 Å². The summed E-state index contributed by atoms with van der Waals surface area (Å²) in [6.07, 6.45) is 5.44. The van der Waals surface area contributed by atoms with Crippen molar-refractivity contribution in [1.29, 1.82) is 0 Å². The minimum absolute atomic E-state index is 1.24. The van der Waals surface area contributed by atoms with Crippen LogP contribution in [-0.2, 0) is 31.7 Å². The zero-order valence-electron chi connectivity index (χ0n) is 12.2. The Bertz CT molecular complexity index is 439. The van der Waals surface area contributed by atoms with E-state index >= 15 is 0 Å². The molecule has 1 aliphatic carbocycles. The van der Waals surface area contributed by atoms with E-state index in [-0.39, 0.29) is 0 Å². The van der Waals surface area contributed by atoms with Gasteiger partial charge in [-0.2, -0.15) is 41.5 Å². The third-order valence-corrected chi connectivity index (χ3v) is 9.41. The van der Waals surface area contributed by atoms with Crippen molar-refractivity contribution in [3.8, 4) is 0 Å². The summed E-state index contributed by atoms with van der Waals surface area (Å²) in [5.41, 5.74) is 3.20. The summed E-state index contributed by atoms with van der Waals surface area (Å²) in [7, 11) is 11.1. The molecule has 0 nitrogen and oxygen atoms in total.